The second-order valence-electron chi connectivity index (χ2n) is 4.29. The van der Waals surface area contributed by atoms with Crippen LogP contribution in [-0.2, 0) is 0 Å². The van der Waals surface area contributed by atoms with Crippen LogP contribution in [-0.4, -0.2) is 32.2 Å². The molecule has 0 spiro atoms. The second kappa shape index (κ2) is 5.82. The van der Waals surface area contributed by atoms with E-state index in [1.807, 2.05) is 0 Å². The van der Waals surface area contributed by atoms with E-state index >= 15 is 0 Å². The molecule has 0 unspecified atom stereocenters. The molecule has 110 valence electrons. The summed E-state index contributed by atoms with van der Waals surface area (Å²) in [5, 5.41) is 20.6. The minimum Gasteiger partial charge on any atom is -0.478 e. The fourth-order valence-corrected chi connectivity index (χ4v) is 2.00. The van der Waals surface area contributed by atoms with Crippen LogP contribution >= 0.6 is 11.6 Å². The molecule has 0 bridgehead atoms. The summed E-state index contributed by atoms with van der Waals surface area (Å²) >= 11 is 5.84. The van der Waals surface area contributed by atoms with Gasteiger partial charge in [-0.2, -0.15) is 5.10 Å². The quantitative estimate of drug-likeness (QED) is 0.747. The number of aromatic carboxylic acids is 1. The maximum atomic E-state index is 11.1. The summed E-state index contributed by atoms with van der Waals surface area (Å²) in [6.45, 7) is 0. The molecule has 3 aromatic rings. The van der Waals surface area contributed by atoms with Gasteiger partial charge in [0.25, 0.3) is 0 Å². The number of hydrogen-bond donors (Lipinski definition) is 1. The number of nitrogens with zero attached hydrogens (tertiary/aromatic N) is 4. The van der Waals surface area contributed by atoms with Gasteiger partial charge in [0.2, 0.25) is 0 Å². The van der Waals surface area contributed by atoms with Gasteiger partial charge < -0.3 is 9.52 Å². The van der Waals surface area contributed by atoms with Crippen LogP contribution in [0.25, 0.3) is 11.3 Å². The van der Waals surface area contributed by atoms with E-state index in [1.54, 1.807) is 18.2 Å². The highest BCUT2D eigenvalue weighted by Crippen LogP contribution is 2.26. The average molecular weight is 317 g/mol. The van der Waals surface area contributed by atoms with Crippen LogP contribution in [0.1, 0.15) is 16.1 Å². The van der Waals surface area contributed by atoms with Crippen molar-refractivity contribution >= 4 is 23.8 Å². The zero-order chi connectivity index (χ0) is 15.5. The van der Waals surface area contributed by atoms with E-state index in [0.717, 1.165) is 0 Å². The van der Waals surface area contributed by atoms with Gasteiger partial charge in [-0.25, -0.2) is 9.47 Å². The van der Waals surface area contributed by atoms with Crippen molar-refractivity contribution in [1.29, 1.82) is 0 Å². The predicted molar refractivity (Wildman–Crippen MR) is 79.1 cm³/mol. The topological polar surface area (TPSA) is 93.5 Å². The number of carbonyl (C=O) groups is 1. The molecule has 0 amide bonds. The first-order chi connectivity index (χ1) is 10.6. The smallest absolute Gasteiger partial charge is 0.337 e. The summed E-state index contributed by atoms with van der Waals surface area (Å²) in [5.41, 5.74) is 0.640. The number of benzene rings is 1. The fourth-order valence-electron chi connectivity index (χ4n) is 1.80. The summed E-state index contributed by atoms with van der Waals surface area (Å²) in [6, 6.07) is 8.12. The second-order valence-corrected chi connectivity index (χ2v) is 4.70. The van der Waals surface area contributed by atoms with Crippen LogP contribution in [0.3, 0.4) is 0 Å². The number of carboxylic acid groups (broad SMARTS) is 1. The Kier molecular flexibility index (Phi) is 3.71. The van der Waals surface area contributed by atoms with Gasteiger partial charge in [-0.15, -0.1) is 10.2 Å². The molecule has 22 heavy (non-hydrogen) atoms. The van der Waals surface area contributed by atoms with Crippen LogP contribution in [0, 0.1) is 0 Å². The molecule has 0 fully saturated rings. The molecule has 0 saturated carbocycles. The van der Waals surface area contributed by atoms with Crippen LogP contribution in [0.4, 0.5) is 0 Å². The highest BCUT2D eigenvalue weighted by molar-refractivity contribution is 6.33. The van der Waals surface area contributed by atoms with E-state index in [-0.39, 0.29) is 10.6 Å². The van der Waals surface area contributed by atoms with E-state index in [4.69, 9.17) is 21.1 Å². The summed E-state index contributed by atoms with van der Waals surface area (Å²) in [6.07, 6.45) is 4.39. The first-order valence-corrected chi connectivity index (χ1v) is 6.53. The molecule has 0 radical (unpaired) electrons. The van der Waals surface area contributed by atoms with Gasteiger partial charge in [-0.3, -0.25) is 0 Å². The monoisotopic (exact) mass is 316 g/mol. The third-order valence-corrected chi connectivity index (χ3v) is 3.16. The van der Waals surface area contributed by atoms with Gasteiger partial charge in [-0.05, 0) is 30.3 Å². The van der Waals surface area contributed by atoms with Gasteiger partial charge in [0, 0.05) is 5.56 Å². The molecule has 1 N–H and O–H groups in total. The fraction of sp³-hybridized carbons (Fsp3) is 0. The average Bonchev–Trinajstić information content (AvgIpc) is 3.17. The summed E-state index contributed by atoms with van der Waals surface area (Å²) < 4.78 is 7.03. The minimum absolute atomic E-state index is 0.0234. The summed E-state index contributed by atoms with van der Waals surface area (Å²) in [5.74, 6) is -0.0623. The van der Waals surface area contributed by atoms with Crippen molar-refractivity contribution in [3.8, 4) is 11.3 Å². The van der Waals surface area contributed by atoms with Crippen molar-refractivity contribution in [3.05, 3.63) is 59.3 Å². The Morgan fingerprint density at radius 3 is 2.77 bits per heavy atom. The Labute approximate surface area is 129 Å². The van der Waals surface area contributed by atoms with Crippen molar-refractivity contribution in [1.82, 2.24) is 14.9 Å². The van der Waals surface area contributed by atoms with E-state index in [9.17, 15) is 4.79 Å². The molecule has 0 aliphatic carbocycles. The van der Waals surface area contributed by atoms with Crippen LogP contribution in [0.2, 0.25) is 5.02 Å². The largest absolute Gasteiger partial charge is 0.478 e. The van der Waals surface area contributed by atoms with E-state index in [2.05, 4.69) is 15.3 Å². The maximum absolute atomic E-state index is 11.1. The first kappa shape index (κ1) is 14.0. The Balaban J connectivity index is 1.87. The lowest BCUT2D eigenvalue weighted by Gasteiger charge is -2.01. The SMILES string of the molecule is O=C(O)c1cc(-c2ccc(/C=N\n3cnnc3)o2)ccc1Cl. The third kappa shape index (κ3) is 2.89. The molecule has 2 aromatic heterocycles. The highest BCUT2D eigenvalue weighted by Gasteiger charge is 2.12. The number of furan rings is 1. The molecule has 0 aliphatic rings. The van der Waals surface area contributed by atoms with Gasteiger partial charge >= 0.3 is 5.97 Å². The van der Waals surface area contributed by atoms with Crippen molar-refractivity contribution < 1.29 is 14.3 Å². The van der Waals surface area contributed by atoms with Crippen LogP contribution < -0.4 is 0 Å². The van der Waals surface area contributed by atoms with Gasteiger partial charge in [-0.1, -0.05) is 11.6 Å². The number of carboxylic acids is 1. The lowest BCUT2D eigenvalue weighted by atomic mass is 10.1. The number of aromatic nitrogens is 3. The number of halogens is 1. The number of hydrogen-bond acceptors (Lipinski definition) is 5. The Hall–Kier alpha value is -2.93. The molecule has 0 aliphatic heterocycles. The standard InChI is InChI=1S/C14H9ClN4O3/c15-12-3-1-9(5-11(12)14(20)21)13-4-2-10(22-13)6-18-19-7-16-17-8-19/h1-8H,(H,20,21)/b18-6-. The van der Waals surface area contributed by atoms with Crippen molar-refractivity contribution in [2.24, 2.45) is 5.10 Å². The van der Waals surface area contributed by atoms with Gasteiger partial charge in [0.15, 0.2) is 0 Å². The molecule has 8 heteroatoms. The zero-order valence-corrected chi connectivity index (χ0v) is 11.8. The first-order valence-electron chi connectivity index (χ1n) is 6.15. The van der Waals surface area contributed by atoms with Crippen molar-refractivity contribution in [2.45, 2.75) is 0 Å². The summed E-state index contributed by atoms with van der Waals surface area (Å²) in [7, 11) is 0. The van der Waals surface area contributed by atoms with Crippen molar-refractivity contribution in [3.63, 3.8) is 0 Å². The molecule has 0 saturated heterocycles. The molecule has 1 aromatic carbocycles. The van der Waals surface area contributed by atoms with E-state index < -0.39 is 5.97 Å². The molecule has 3 rings (SSSR count). The predicted octanol–water partition coefficient (Wildman–Crippen LogP) is 2.77. The molecular weight excluding hydrogens is 308 g/mol. The lowest BCUT2D eigenvalue weighted by molar-refractivity contribution is 0.0697. The Morgan fingerprint density at radius 1 is 1.27 bits per heavy atom. The van der Waals surface area contributed by atoms with E-state index in [1.165, 1.54) is 35.7 Å². The normalized spacial score (nSPS) is 11.1. The van der Waals surface area contributed by atoms with Crippen LogP contribution in [0.5, 0.6) is 0 Å². The highest BCUT2D eigenvalue weighted by atomic mass is 35.5. The molecular formula is C14H9ClN4O3. The van der Waals surface area contributed by atoms with E-state index in [0.29, 0.717) is 17.1 Å². The Bertz CT molecular complexity index is 840. The zero-order valence-electron chi connectivity index (χ0n) is 11.0. The minimum atomic E-state index is -1.09. The van der Waals surface area contributed by atoms with Crippen LogP contribution in [0.15, 0.2) is 52.5 Å². The lowest BCUT2D eigenvalue weighted by Crippen LogP contribution is -1.97. The summed E-state index contributed by atoms with van der Waals surface area (Å²) in [4.78, 5) is 11.1. The van der Waals surface area contributed by atoms with Gasteiger partial charge in [0.1, 0.15) is 24.2 Å². The van der Waals surface area contributed by atoms with Crippen molar-refractivity contribution in [2.75, 3.05) is 0 Å². The third-order valence-electron chi connectivity index (χ3n) is 2.83. The molecule has 0 atom stereocenters. The Morgan fingerprint density at radius 2 is 2.05 bits per heavy atom. The number of rotatable bonds is 4. The maximum Gasteiger partial charge on any atom is 0.337 e. The molecule has 2 heterocycles. The van der Waals surface area contributed by atoms with Gasteiger partial charge in [0.05, 0.1) is 16.8 Å². The molecule has 7 nitrogen and oxygen atoms in total.